The van der Waals surface area contributed by atoms with Crippen LogP contribution in [-0.4, -0.2) is 35.0 Å². The van der Waals surface area contributed by atoms with Gasteiger partial charge in [-0.15, -0.1) is 0 Å². The maximum absolute atomic E-state index is 12.7. The van der Waals surface area contributed by atoms with Crippen LogP contribution in [0.15, 0.2) is 59.8 Å². The highest BCUT2D eigenvalue weighted by Crippen LogP contribution is 2.23. The minimum Gasteiger partial charge on any atom is -0.355 e. The fourth-order valence-electron chi connectivity index (χ4n) is 4.01. The van der Waals surface area contributed by atoms with Crippen LogP contribution in [0.2, 0.25) is 5.02 Å². The van der Waals surface area contributed by atoms with E-state index in [0.717, 1.165) is 35.2 Å². The summed E-state index contributed by atoms with van der Waals surface area (Å²) in [7, 11) is 1.93. The normalized spacial score (nSPS) is 16.2. The number of carbonyl (C=O) groups excluding carboxylic acids is 2. The predicted octanol–water partition coefficient (Wildman–Crippen LogP) is 4.28. The van der Waals surface area contributed by atoms with E-state index in [1.54, 1.807) is 24.3 Å². The molecule has 1 unspecified atom stereocenters. The zero-order valence-electron chi connectivity index (χ0n) is 18.4. The van der Waals surface area contributed by atoms with Crippen LogP contribution in [0.5, 0.6) is 0 Å². The summed E-state index contributed by atoms with van der Waals surface area (Å²) in [4.78, 5) is 27.1. The second-order valence-corrected chi connectivity index (χ2v) is 8.59. The van der Waals surface area contributed by atoms with Gasteiger partial charge in [0.15, 0.2) is 11.3 Å². The number of rotatable bonds is 7. The molecular weight excluding hydrogens is 440 g/mol. The zero-order chi connectivity index (χ0) is 23.5. The first-order chi connectivity index (χ1) is 15.9. The molecule has 1 fully saturated rings. The van der Waals surface area contributed by atoms with Crippen LogP contribution in [0.1, 0.15) is 40.0 Å². The third-order valence-electron chi connectivity index (χ3n) is 5.80. The molecule has 3 aromatic rings. The van der Waals surface area contributed by atoms with Crippen LogP contribution in [0.4, 0.5) is 0 Å². The molecular formula is C25H25ClN4O3. The summed E-state index contributed by atoms with van der Waals surface area (Å²) in [6.45, 7) is 8.63. The fraction of sp³-hybridized carbons (Fsp3) is 0.240. The van der Waals surface area contributed by atoms with Crippen LogP contribution in [-0.2, 0) is 17.9 Å². The van der Waals surface area contributed by atoms with Gasteiger partial charge in [-0.2, -0.15) is 0 Å². The Morgan fingerprint density at radius 3 is 2.94 bits per heavy atom. The van der Waals surface area contributed by atoms with E-state index in [4.69, 9.17) is 16.1 Å². The monoisotopic (exact) mass is 464 g/mol. The molecule has 2 N–H and O–H groups in total. The number of nitrogens with zero attached hydrogens (tertiary/aromatic N) is 2. The Balaban J connectivity index is 1.46. The van der Waals surface area contributed by atoms with Crippen LogP contribution in [0.3, 0.4) is 0 Å². The van der Waals surface area contributed by atoms with E-state index in [2.05, 4.69) is 28.9 Å². The Bertz CT molecular complexity index is 1250. The first-order valence-electron chi connectivity index (χ1n) is 10.6. The van der Waals surface area contributed by atoms with E-state index in [1.165, 1.54) is 0 Å². The number of hydrogen-bond donors (Lipinski definition) is 2. The predicted molar refractivity (Wildman–Crippen MR) is 128 cm³/mol. The number of nitrogens with one attached hydrogen (secondary N) is 2. The van der Waals surface area contributed by atoms with Gasteiger partial charge in [-0.05, 0) is 48.7 Å². The molecule has 2 heterocycles. The van der Waals surface area contributed by atoms with Gasteiger partial charge in [0, 0.05) is 29.9 Å². The molecule has 0 saturated carbocycles. The van der Waals surface area contributed by atoms with E-state index in [0.29, 0.717) is 29.1 Å². The van der Waals surface area contributed by atoms with E-state index in [9.17, 15) is 9.59 Å². The smallest absolute Gasteiger partial charge is 0.274 e. The minimum absolute atomic E-state index is 0.0292. The van der Waals surface area contributed by atoms with Crippen LogP contribution >= 0.6 is 11.6 Å². The first kappa shape index (κ1) is 22.8. The molecule has 4 rings (SSSR count). The standard InChI is InChI=1S/C25H25ClN4O3/c1-4-17-7-6-16(11-18(17)14-30(3)21-10-5-15(2)28-24(21)31)13-27-25(32)23-20-9-8-19(26)12-22(20)33-29-23/h4,6-9,11-12,21H,1-2,5,10,13-14H2,3H3,(H,27,32)(H,28,31). The van der Waals surface area contributed by atoms with Gasteiger partial charge in [0.05, 0.1) is 11.4 Å². The van der Waals surface area contributed by atoms with E-state index >= 15 is 0 Å². The average Bonchev–Trinajstić information content (AvgIpc) is 3.20. The van der Waals surface area contributed by atoms with Crippen molar-refractivity contribution < 1.29 is 14.1 Å². The number of fused-ring (bicyclic) bond motifs is 1. The lowest BCUT2D eigenvalue weighted by molar-refractivity contribution is -0.126. The number of carbonyl (C=O) groups is 2. The van der Waals surface area contributed by atoms with Gasteiger partial charge in [0.2, 0.25) is 5.91 Å². The molecule has 1 atom stereocenters. The SMILES string of the molecule is C=Cc1ccc(CNC(=O)c2noc3cc(Cl)ccc23)cc1CN(C)C1CCC(=C)NC1=O. The number of halogens is 1. The van der Waals surface area contributed by atoms with Crippen molar-refractivity contribution in [1.29, 1.82) is 0 Å². The van der Waals surface area contributed by atoms with Gasteiger partial charge in [-0.3, -0.25) is 14.5 Å². The molecule has 0 spiro atoms. The molecule has 2 amide bonds. The highest BCUT2D eigenvalue weighted by molar-refractivity contribution is 6.31. The Morgan fingerprint density at radius 2 is 2.18 bits per heavy atom. The number of benzene rings is 2. The topological polar surface area (TPSA) is 87.5 Å². The summed E-state index contributed by atoms with van der Waals surface area (Å²) in [5.74, 6) is -0.361. The first-order valence-corrected chi connectivity index (χ1v) is 11.0. The van der Waals surface area contributed by atoms with Gasteiger partial charge in [0.25, 0.3) is 5.91 Å². The Kier molecular flexibility index (Phi) is 6.62. The van der Waals surface area contributed by atoms with Crippen molar-refractivity contribution in [2.45, 2.75) is 32.0 Å². The molecule has 1 aliphatic rings. The number of piperidine rings is 1. The maximum atomic E-state index is 12.7. The Labute approximate surface area is 197 Å². The van der Waals surface area contributed by atoms with Crippen molar-refractivity contribution in [2.24, 2.45) is 0 Å². The number of hydrogen-bond acceptors (Lipinski definition) is 5. The molecule has 0 aliphatic carbocycles. The summed E-state index contributed by atoms with van der Waals surface area (Å²) in [6.07, 6.45) is 3.29. The van der Waals surface area contributed by atoms with Gasteiger partial charge in [-0.25, -0.2) is 0 Å². The third-order valence-corrected chi connectivity index (χ3v) is 6.04. The maximum Gasteiger partial charge on any atom is 0.274 e. The van der Waals surface area contributed by atoms with Crippen molar-refractivity contribution in [2.75, 3.05) is 7.05 Å². The lowest BCUT2D eigenvalue weighted by Crippen LogP contribution is -2.47. The average molecular weight is 465 g/mol. The van der Waals surface area contributed by atoms with Crippen LogP contribution < -0.4 is 10.6 Å². The fourth-order valence-corrected chi connectivity index (χ4v) is 4.17. The molecule has 2 aromatic carbocycles. The number of amides is 2. The van der Waals surface area contributed by atoms with E-state index in [1.807, 2.05) is 30.1 Å². The second kappa shape index (κ2) is 9.60. The minimum atomic E-state index is -0.332. The highest BCUT2D eigenvalue weighted by atomic mass is 35.5. The van der Waals surface area contributed by atoms with Crippen molar-refractivity contribution in [3.63, 3.8) is 0 Å². The Morgan fingerprint density at radius 1 is 1.36 bits per heavy atom. The zero-order valence-corrected chi connectivity index (χ0v) is 19.1. The quantitative estimate of drug-likeness (QED) is 0.545. The molecule has 8 heteroatoms. The third kappa shape index (κ3) is 4.99. The summed E-state index contributed by atoms with van der Waals surface area (Å²) in [5, 5.41) is 10.7. The summed E-state index contributed by atoms with van der Waals surface area (Å²) >= 11 is 5.96. The molecule has 1 saturated heterocycles. The van der Waals surface area contributed by atoms with E-state index in [-0.39, 0.29) is 23.6 Å². The molecule has 1 aliphatic heterocycles. The van der Waals surface area contributed by atoms with Crippen LogP contribution in [0, 0.1) is 0 Å². The number of allylic oxidation sites excluding steroid dienone is 1. The number of likely N-dealkylation sites (N-methyl/N-ethyl adjacent to an activating group) is 1. The number of aromatic nitrogens is 1. The van der Waals surface area contributed by atoms with Gasteiger partial charge in [0.1, 0.15) is 0 Å². The lowest BCUT2D eigenvalue weighted by Gasteiger charge is -2.31. The molecule has 1 aromatic heterocycles. The molecule has 170 valence electrons. The molecule has 7 nitrogen and oxygen atoms in total. The highest BCUT2D eigenvalue weighted by Gasteiger charge is 2.27. The molecule has 33 heavy (non-hydrogen) atoms. The molecule has 0 radical (unpaired) electrons. The van der Waals surface area contributed by atoms with Crippen LogP contribution in [0.25, 0.3) is 17.0 Å². The van der Waals surface area contributed by atoms with Gasteiger partial charge < -0.3 is 15.2 Å². The van der Waals surface area contributed by atoms with Crippen molar-refractivity contribution in [3.05, 3.63) is 82.7 Å². The largest absolute Gasteiger partial charge is 0.355 e. The second-order valence-electron chi connectivity index (χ2n) is 8.15. The summed E-state index contributed by atoms with van der Waals surface area (Å²) in [6, 6.07) is 10.7. The van der Waals surface area contributed by atoms with Crippen molar-refractivity contribution in [3.8, 4) is 0 Å². The van der Waals surface area contributed by atoms with Crippen molar-refractivity contribution in [1.82, 2.24) is 20.7 Å². The molecule has 0 bridgehead atoms. The lowest BCUT2D eigenvalue weighted by atomic mass is 10.00. The van der Waals surface area contributed by atoms with E-state index < -0.39 is 0 Å². The van der Waals surface area contributed by atoms with Gasteiger partial charge >= 0.3 is 0 Å². The Hall–Kier alpha value is -3.42. The summed E-state index contributed by atoms with van der Waals surface area (Å²) in [5.41, 5.74) is 4.37. The van der Waals surface area contributed by atoms with Gasteiger partial charge in [-0.1, -0.05) is 54.2 Å². The summed E-state index contributed by atoms with van der Waals surface area (Å²) < 4.78 is 5.22. The van der Waals surface area contributed by atoms with Crippen molar-refractivity contribution >= 4 is 40.5 Å².